The van der Waals surface area contributed by atoms with Gasteiger partial charge >= 0.3 is 0 Å². The zero-order valence-electron chi connectivity index (χ0n) is 12.9. The molecule has 0 bridgehead atoms. The van der Waals surface area contributed by atoms with Crippen LogP contribution < -0.4 is 11.1 Å². The number of halogens is 1. The van der Waals surface area contributed by atoms with Gasteiger partial charge in [-0.25, -0.2) is 0 Å². The Balaban J connectivity index is 1.93. The lowest BCUT2D eigenvalue weighted by Gasteiger charge is -2.42. The summed E-state index contributed by atoms with van der Waals surface area (Å²) in [6.45, 7) is 8.49. The van der Waals surface area contributed by atoms with Crippen molar-refractivity contribution in [2.45, 2.75) is 33.2 Å². The van der Waals surface area contributed by atoms with Crippen molar-refractivity contribution in [3.8, 4) is 0 Å². The van der Waals surface area contributed by atoms with E-state index < -0.39 is 0 Å². The van der Waals surface area contributed by atoms with Crippen molar-refractivity contribution in [1.82, 2.24) is 4.90 Å². The van der Waals surface area contributed by atoms with Gasteiger partial charge in [-0.2, -0.15) is 0 Å². The molecular weight excluding hydrogens is 330 g/mol. The highest BCUT2D eigenvalue weighted by Gasteiger charge is 2.33. The van der Waals surface area contributed by atoms with Crippen molar-refractivity contribution in [1.29, 1.82) is 0 Å². The van der Waals surface area contributed by atoms with Gasteiger partial charge in [0, 0.05) is 29.3 Å². The number of likely N-dealkylation sites (tertiary alicyclic amines) is 1. The van der Waals surface area contributed by atoms with Crippen LogP contribution in [0.1, 0.15) is 25.8 Å². The molecule has 0 spiro atoms. The summed E-state index contributed by atoms with van der Waals surface area (Å²) >= 11 is 3.43. The lowest BCUT2D eigenvalue weighted by atomic mass is 9.80. The molecule has 1 amide bonds. The minimum atomic E-state index is 0.0340. The van der Waals surface area contributed by atoms with Crippen LogP contribution in [-0.4, -0.2) is 36.5 Å². The Labute approximate surface area is 135 Å². The summed E-state index contributed by atoms with van der Waals surface area (Å²) in [5.74, 6) is 0.0340. The Morgan fingerprint density at radius 1 is 1.52 bits per heavy atom. The van der Waals surface area contributed by atoms with Gasteiger partial charge in [0.15, 0.2) is 0 Å². The molecular formula is C16H24BrN3O. The molecule has 5 heteroatoms. The molecule has 1 heterocycles. The number of nitrogens with one attached hydrogen (secondary N) is 1. The van der Waals surface area contributed by atoms with E-state index in [-0.39, 0.29) is 17.4 Å². The summed E-state index contributed by atoms with van der Waals surface area (Å²) in [6, 6.07) is 6.07. The summed E-state index contributed by atoms with van der Waals surface area (Å²) < 4.78 is 1.02. The van der Waals surface area contributed by atoms with Crippen LogP contribution in [0.4, 0.5) is 5.69 Å². The first-order valence-electron chi connectivity index (χ1n) is 7.32. The van der Waals surface area contributed by atoms with E-state index in [1.54, 1.807) is 0 Å². The minimum absolute atomic E-state index is 0.0340. The number of carbonyl (C=O) groups excluding carboxylic acids is 1. The van der Waals surface area contributed by atoms with E-state index in [2.05, 4.69) is 40.0 Å². The molecule has 116 valence electrons. The first kappa shape index (κ1) is 16.5. The van der Waals surface area contributed by atoms with E-state index in [0.717, 1.165) is 35.2 Å². The van der Waals surface area contributed by atoms with Crippen molar-refractivity contribution < 1.29 is 4.79 Å². The quantitative estimate of drug-likeness (QED) is 0.878. The highest BCUT2D eigenvalue weighted by molar-refractivity contribution is 9.10. The fraction of sp³-hybridized carbons (Fsp3) is 0.562. The second-order valence-corrected chi connectivity index (χ2v) is 7.52. The van der Waals surface area contributed by atoms with E-state index in [9.17, 15) is 4.79 Å². The number of aryl methyl sites for hydroxylation is 1. The number of hydrogen-bond donors (Lipinski definition) is 2. The topological polar surface area (TPSA) is 58.4 Å². The zero-order chi connectivity index (χ0) is 15.6. The second kappa shape index (κ2) is 6.46. The summed E-state index contributed by atoms with van der Waals surface area (Å²) in [4.78, 5) is 14.4. The van der Waals surface area contributed by atoms with Crippen molar-refractivity contribution in [2.24, 2.45) is 11.1 Å². The van der Waals surface area contributed by atoms with Gasteiger partial charge in [0.25, 0.3) is 0 Å². The number of anilines is 1. The van der Waals surface area contributed by atoms with Gasteiger partial charge in [0.2, 0.25) is 5.91 Å². The van der Waals surface area contributed by atoms with Crippen molar-refractivity contribution in [2.75, 3.05) is 25.0 Å². The average Bonchev–Trinajstić information content (AvgIpc) is 2.37. The largest absolute Gasteiger partial charge is 0.327 e. The SMILES string of the molecule is Cc1cc(Br)ccc1NC(=O)CN1CCC(N)C(C)(C)C1. The number of rotatable bonds is 3. The Hall–Kier alpha value is -0.910. The lowest BCUT2D eigenvalue weighted by Crippen LogP contribution is -2.53. The standard InChI is InChI=1S/C16H24BrN3O/c1-11-8-12(17)4-5-13(11)19-15(21)9-20-7-6-14(18)16(2,3)10-20/h4-5,8,14H,6-7,9-10,18H2,1-3H3,(H,19,21). The molecule has 1 aliphatic rings. The molecule has 1 unspecified atom stereocenters. The number of amides is 1. The van der Waals surface area contributed by atoms with Gasteiger partial charge < -0.3 is 11.1 Å². The normalized spacial score (nSPS) is 22.0. The molecule has 21 heavy (non-hydrogen) atoms. The summed E-state index contributed by atoms with van der Waals surface area (Å²) in [7, 11) is 0. The molecule has 1 fully saturated rings. The fourth-order valence-corrected chi connectivity index (χ4v) is 3.26. The average molecular weight is 354 g/mol. The Morgan fingerprint density at radius 2 is 2.24 bits per heavy atom. The van der Waals surface area contributed by atoms with Crippen LogP contribution in [0.2, 0.25) is 0 Å². The molecule has 1 aromatic rings. The van der Waals surface area contributed by atoms with E-state index in [1.165, 1.54) is 0 Å². The third kappa shape index (κ3) is 4.28. The van der Waals surface area contributed by atoms with Crippen molar-refractivity contribution in [3.63, 3.8) is 0 Å². The molecule has 0 saturated carbocycles. The van der Waals surface area contributed by atoms with Crippen LogP contribution in [0.25, 0.3) is 0 Å². The van der Waals surface area contributed by atoms with Gasteiger partial charge in [-0.3, -0.25) is 9.69 Å². The predicted octanol–water partition coefficient (Wildman–Crippen LogP) is 2.76. The lowest BCUT2D eigenvalue weighted by molar-refractivity contribution is -0.118. The molecule has 1 atom stereocenters. The van der Waals surface area contributed by atoms with Crippen LogP contribution in [0, 0.1) is 12.3 Å². The molecule has 4 nitrogen and oxygen atoms in total. The van der Waals surface area contributed by atoms with E-state index in [4.69, 9.17) is 5.73 Å². The maximum absolute atomic E-state index is 12.2. The Morgan fingerprint density at radius 3 is 2.86 bits per heavy atom. The molecule has 2 rings (SSSR count). The smallest absolute Gasteiger partial charge is 0.238 e. The first-order chi connectivity index (χ1) is 9.78. The highest BCUT2D eigenvalue weighted by atomic mass is 79.9. The van der Waals surface area contributed by atoms with Crippen molar-refractivity contribution in [3.05, 3.63) is 28.2 Å². The molecule has 1 saturated heterocycles. The predicted molar refractivity (Wildman–Crippen MR) is 90.3 cm³/mol. The van der Waals surface area contributed by atoms with Gasteiger partial charge in [-0.05, 0) is 42.5 Å². The number of benzene rings is 1. The maximum Gasteiger partial charge on any atom is 0.238 e. The highest BCUT2D eigenvalue weighted by Crippen LogP contribution is 2.27. The minimum Gasteiger partial charge on any atom is -0.327 e. The number of nitrogens with two attached hydrogens (primary N) is 1. The third-order valence-corrected chi connectivity index (χ3v) is 4.71. The first-order valence-corrected chi connectivity index (χ1v) is 8.11. The van der Waals surface area contributed by atoms with E-state index in [0.29, 0.717) is 6.54 Å². The van der Waals surface area contributed by atoms with E-state index in [1.807, 2.05) is 25.1 Å². The van der Waals surface area contributed by atoms with Gasteiger partial charge in [0.05, 0.1) is 6.54 Å². The fourth-order valence-electron chi connectivity index (χ4n) is 2.78. The number of carbonyl (C=O) groups is 1. The van der Waals surface area contributed by atoms with Crippen LogP contribution in [-0.2, 0) is 4.79 Å². The molecule has 3 N–H and O–H groups in total. The Kier molecular flexibility index (Phi) is 5.07. The van der Waals surface area contributed by atoms with Gasteiger partial charge in [-0.15, -0.1) is 0 Å². The molecule has 0 aliphatic carbocycles. The number of hydrogen-bond acceptors (Lipinski definition) is 3. The Bertz CT molecular complexity index is 530. The molecule has 1 aliphatic heterocycles. The van der Waals surface area contributed by atoms with Crippen molar-refractivity contribution >= 4 is 27.5 Å². The van der Waals surface area contributed by atoms with Gasteiger partial charge in [-0.1, -0.05) is 29.8 Å². The van der Waals surface area contributed by atoms with E-state index >= 15 is 0 Å². The summed E-state index contributed by atoms with van der Waals surface area (Å²) in [5.41, 5.74) is 8.12. The van der Waals surface area contributed by atoms with Crippen LogP contribution in [0.15, 0.2) is 22.7 Å². The second-order valence-electron chi connectivity index (χ2n) is 6.60. The zero-order valence-corrected chi connectivity index (χ0v) is 14.5. The maximum atomic E-state index is 12.2. The molecule has 0 radical (unpaired) electrons. The number of nitrogens with zero attached hydrogens (tertiary/aromatic N) is 1. The summed E-state index contributed by atoms with van der Waals surface area (Å²) in [5, 5.41) is 2.99. The number of piperidine rings is 1. The van der Waals surface area contributed by atoms with Crippen LogP contribution >= 0.6 is 15.9 Å². The molecule has 0 aromatic heterocycles. The summed E-state index contributed by atoms with van der Waals surface area (Å²) in [6.07, 6.45) is 0.942. The van der Waals surface area contributed by atoms with Crippen LogP contribution in [0.3, 0.4) is 0 Å². The van der Waals surface area contributed by atoms with Crippen LogP contribution in [0.5, 0.6) is 0 Å². The third-order valence-electron chi connectivity index (χ3n) is 4.22. The monoisotopic (exact) mass is 353 g/mol. The molecule has 1 aromatic carbocycles. The van der Waals surface area contributed by atoms with Gasteiger partial charge in [0.1, 0.15) is 0 Å².